The molecule has 9 heteroatoms. The molecule has 0 aliphatic rings. The molecule has 27 heavy (non-hydrogen) atoms. The molecule has 0 heterocycles. The quantitative estimate of drug-likeness (QED) is 0.344. The van der Waals surface area contributed by atoms with Crippen molar-refractivity contribution in [3.8, 4) is 5.75 Å². The van der Waals surface area contributed by atoms with Crippen LogP contribution in [0.25, 0.3) is 0 Å². The van der Waals surface area contributed by atoms with Gasteiger partial charge in [0.1, 0.15) is 11.4 Å². The van der Waals surface area contributed by atoms with Gasteiger partial charge in [-0.2, -0.15) is 0 Å². The number of hydrogen-bond donors (Lipinski definition) is 1. The number of methoxy groups -OCH3 is 1. The summed E-state index contributed by atoms with van der Waals surface area (Å²) in [5.74, 6) is -0.563. The van der Waals surface area contributed by atoms with Crippen LogP contribution in [0.2, 0.25) is 0 Å². The van der Waals surface area contributed by atoms with Gasteiger partial charge in [-0.1, -0.05) is 30.3 Å². The summed E-state index contributed by atoms with van der Waals surface area (Å²) < 4.78 is 29.4. The second-order valence-electron chi connectivity index (χ2n) is 5.47. The second-order valence-corrected chi connectivity index (χ2v) is 7.59. The lowest BCUT2D eigenvalue weighted by atomic mass is 10.2. The Bertz CT molecular complexity index is 805. The van der Waals surface area contributed by atoms with Crippen LogP contribution < -0.4 is 10.1 Å². The predicted octanol–water partition coefficient (Wildman–Crippen LogP) is 4.98. The van der Waals surface area contributed by atoms with Gasteiger partial charge in [-0.3, -0.25) is 14.7 Å². The molecule has 0 saturated carbocycles. The van der Waals surface area contributed by atoms with Crippen molar-refractivity contribution in [2.45, 2.75) is 19.6 Å². The molecule has 0 bridgehead atoms. The molecule has 0 fully saturated rings. The maximum Gasteiger partial charge on any atom is 0.357 e. The Morgan fingerprint density at radius 3 is 2.26 bits per heavy atom. The maximum absolute atomic E-state index is 13.4. The van der Waals surface area contributed by atoms with Crippen LogP contribution in [0.3, 0.4) is 0 Å². The molecule has 146 valence electrons. The van der Waals surface area contributed by atoms with Crippen molar-refractivity contribution in [1.29, 1.82) is 0 Å². The van der Waals surface area contributed by atoms with Crippen LogP contribution in [0.1, 0.15) is 25.2 Å². The molecular weight excluding hydrogens is 371 g/mol. The highest BCUT2D eigenvalue weighted by atomic mass is 31.2. The lowest BCUT2D eigenvalue weighted by molar-refractivity contribution is -0.384. The lowest BCUT2D eigenvalue weighted by Crippen LogP contribution is -2.16. The van der Waals surface area contributed by atoms with Crippen molar-refractivity contribution in [1.82, 2.24) is 0 Å². The molecule has 2 aromatic carbocycles. The van der Waals surface area contributed by atoms with E-state index in [1.807, 2.05) is 6.07 Å². The number of nitrogens with zero attached hydrogens (tertiary/aromatic N) is 1. The Labute approximate surface area is 158 Å². The highest BCUT2D eigenvalue weighted by Crippen LogP contribution is 2.61. The van der Waals surface area contributed by atoms with Crippen molar-refractivity contribution in [3.63, 3.8) is 0 Å². The molecule has 1 unspecified atom stereocenters. The van der Waals surface area contributed by atoms with E-state index in [1.54, 1.807) is 44.2 Å². The monoisotopic (exact) mass is 394 g/mol. The number of anilines is 1. The van der Waals surface area contributed by atoms with E-state index in [1.165, 1.54) is 19.2 Å². The lowest BCUT2D eigenvalue weighted by Gasteiger charge is -2.28. The van der Waals surface area contributed by atoms with E-state index in [-0.39, 0.29) is 24.6 Å². The van der Waals surface area contributed by atoms with Crippen molar-refractivity contribution in [2.75, 3.05) is 25.6 Å². The molecule has 0 aliphatic carbocycles. The van der Waals surface area contributed by atoms with E-state index in [4.69, 9.17) is 13.8 Å². The molecule has 8 nitrogen and oxygen atoms in total. The van der Waals surface area contributed by atoms with Gasteiger partial charge in [0.2, 0.25) is 0 Å². The van der Waals surface area contributed by atoms with E-state index in [0.29, 0.717) is 11.3 Å². The first-order valence-corrected chi connectivity index (χ1v) is 10.1. The standard InChI is InChI=1S/C18H23N2O6P/c1-4-25-27(23,26-5-2)18(14-9-7-6-8-10-14)19-16-12-11-15(24-3)13-17(16)20(21)22/h6-13,18-19H,4-5H2,1-3H3. The van der Waals surface area contributed by atoms with Gasteiger partial charge in [-0.05, 0) is 31.5 Å². The van der Waals surface area contributed by atoms with E-state index in [2.05, 4.69) is 5.32 Å². The summed E-state index contributed by atoms with van der Waals surface area (Å²) in [6.07, 6.45) is 0. The molecular formula is C18H23N2O6P. The third kappa shape index (κ3) is 5.07. The third-order valence-corrected chi connectivity index (χ3v) is 6.04. The average molecular weight is 394 g/mol. The van der Waals surface area contributed by atoms with Crippen LogP contribution in [0.15, 0.2) is 48.5 Å². The van der Waals surface area contributed by atoms with E-state index in [0.717, 1.165) is 0 Å². The summed E-state index contributed by atoms with van der Waals surface area (Å²) in [4.78, 5) is 11.0. The van der Waals surface area contributed by atoms with Gasteiger partial charge < -0.3 is 19.1 Å². The molecule has 1 N–H and O–H groups in total. The Morgan fingerprint density at radius 2 is 1.74 bits per heavy atom. The highest BCUT2D eigenvalue weighted by Gasteiger charge is 2.38. The van der Waals surface area contributed by atoms with Gasteiger partial charge in [-0.15, -0.1) is 0 Å². The molecule has 0 amide bonds. The number of hydrogen-bond acceptors (Lipinski definition) is 7. The fourth-order valence-corrected chi connectivity index (χ4v) is 4.51. The van der Waals surface area contributed by atoms with Gasteiger partial charge in [0.25, 0.3) is 5.69 Å². The van der Waals surface area contributed by atoms with Gasteiger partial charge in [-0.25, -0.2) is 0 Å². The van der Waals surface area contributed by atoms with Crippen LogP contribution in [0.5, 0.6) is 5.75 Å². The van der Waals surface area contributed by atoms with Gasteiger partial charge in [0, 0.05) is 0 Å². The highest BCUT2D eigenvalue weighted by molar-refractivity contribution is 7.54. The number of nitrogens with one attached hydrogen (secondary N) is 1. The van der Waals surface area contributed by atoms with Crippen LogP contribution in [-0.2, 0) is 13.6 Å². The predicted molar refractivity (Wildman–Crippen MR) is 103 cm³/mol. The Kier molecular flexibility index (Phi) is 7.36. The van der Waals surface area contributed by atoms with E-state index in [9.17, 15) is 14.7 Å². The molecule has 0 spiro atoms. The Morgan fingerprint density at radius 1 is 1.11 bits per heavy atom. The summed E-state index contributed by atoms with van der Waals surface area (Å²) >= 11 is 0. The second kappa shape index (κ2) is 9.50. The van der Waals surface area contributed by atoms with Crippen molar-refractivity contribution >= 4 is 19.0 Å². The molecule has 0 radical (unpaired) electrons. The first kappa shape index (κ1) is 20.9. The number of nitro groups is 1. The third-order valence-electron chi connectivity index (χ3n) is 3.74. The molecule has 0 aromatic heterocycles. The zero-order valence-electron chi connectivity index (χ0n) is 15.5. The normalized spacial score (nSPS) is 12.4. The molecule has 2 aromatic rings. The molecule has 0 saturated heterocycles. The van der Waals surface area contributed by atoms with E-state index >= 15 is 0 Å². The fourth-order valence-electron chi connectivity index (χ4n) is 2.59. The summed E-state index contributed by atoms with van der Waals surface area (Å²) in [7, 11) is -2.22. The number of benzene rings is 2. The largest absolute Gasteiger partial charge is 0.496 e. The topological polar surface area (TPSA) is 99.9 Å². The minimum atomic E-state index is -3.65. The van der Waals surface area contributed by atoms with Crippen LogP contribution >= 0.6 is 7.60 Å². The first-order chi connectivity index (χ1) is 12.9. The summed E-state index contributed by atoms with van der Waals surface area (Å²) in [5.41, 5.74) is 0.622. The Hall–Kier alpha value is -2.41. The first-order valence-electron chi connectivity index (χ1n) is 8.47. The molecule has 0 aliphatic heterocycles. The average Bonchev–Trinajstić information content (AvgIpc) is 2.67. The molecule has 1 atom stereocenters. The van der Waals surface area contributed by atoms with Crippen LogP contribution in [0.4, 0.5) is 11.4 Å². The SMILES string of the molecule is CCOP(=O)(OCC)C(Nc1ccc(OC)cc1[N+](=O)[O-])c1ccccc1. The minimum absolute atomic E-state index is 0.174. The summed E-state index contributed by atoms with van der Waals surface area (Å²) in [5, 5.41) is 14.5. The maximum atomic E-state index is 13.4. The summed E-state index contributed by atoms with van der Waals surface area (Å²) in [6, 6.07) is 13.3. The smallest absolute Gasteiger partial charge is 0.357 e. The van der Waals surface area contributed by atoms with Gasteiger partial charge >= 0.3 is 7.60 Å². The van der Waals surface area contributed by atoms with Gasteiger partial charge in [0.15, 0.2) is 5.78 Å². The number of ether oxygens (including phenoxy) is 1. The zero-order valence-corrected chi connectivity index (χ0v) is 16.3. The van der Waals surface area contributed by atoms with Crippen molar-refractivity contribution < 1.29 is 23.3 Å². The van der Waals surface area contributed by atoms with Crippen LogP contribution in [0, 0.1) is 10.1 Å². The zero-order chi connectivity index (χ0) is 19.9. The fraction of sp³-hybridized carbons (Fsp3) is 0.333. The summed E-state index contributed by atoms with van der Waals surface area (Å²) in [6.45, 7) is 3.77. The van der Waals surface area contributed by atoms with Gasteiger partial charge in [0.05, 0.1) is 31.3 Å². The Balaban J connectivity index is 2.53. The number of rotatable bonds is 10. The van der Waals surface area contributed by atoms with Crippen LogP contribution in [-0.4, -0.2) is 25.2 Å². The van der Waals surface area contributed by atoms with E-state index < -0.39 is 18.3 Å². The van der Waals surface area contributed by atoms with Crippen molar-refractivity contribution in [3.05, 3.63) is 64.2 Å². The van der Waals surface area contributed by atoms with Crippen molar-refractivity contribution in [2.24, 2.45) is 0 Å². The molecule has 2 rings (SSSR count). The minimum Gasteiger partial charge on any atom is -0.496 e. The number of nitro benzene ring substituents is 1.